The third-order valence-electron chi connectivity index (χ3n) is 3.52. The molecule has 0 spiro atoms. The lowest BCUT2D eigenvalue weighted by Crippen LogP contribution is -2.02. The second-order valence-corrected chi connectivity index (χ2v) is 4.96. The fourth-order valence-corrected chi connectivity index (χ4v) is 2.34. The second-order valence-electron chi connectivity index (χ2n) is 4.96. The lowest BCUT2D eigenvalue weighted by molar-refractivity contribution is 0.330. The zero-order valence-corrected chi connectivity index (χ0v) is 12.3. The summed E-state index contributed by atoms with van der Waals surface area (Å²) in [6.45, 7) is 0. The normalized spacial score (nSPS) is 10.9. The van der Waals surface area contributed by atoms with Crippen LogP contribution in [-0.4, -0.2) is 32.6 Å². The Kier molecular flexibility index (Phi) is 3.37. The van der Waals surface area contributed by atoms with Gasteiger partial charge in [-0.3, -0.25) is 4.79 Å². The molecular weight excluding hydrogens is 320 g/mol. The highest BCUT2D eigenvalue weighted by Gasteiger charge is 2.24. The van der Waals surface area contributed by atoms with E-state index in [0.29, 0.717) is 0 Å². The van der Waals surface area contributed by atoms with Crippen LogP contribution in [0, 0.1) is 0 Å². The van der Waals surface area contributed by atoms with Gasteiger partial charge in [0.2, 0.25) is 17.2 Å². The molecule has 5 N–H and O–H groups in total. The molecule has 1 heterocycles. The van der Waals surface area contributed by atoms with E-state index in [-0.39, 0.29) is 22.5 Å². The van der Waals surface area contributed by atoms with Crippen molar-refractivity contribution in [3.63, 3.8) is 0 Å². The Balaban J connectivity index is 2.37. The predicted octanol–water partition coefficient (Wildman–Crippen LogP) is 2.00. The molecule has 8 nitrogen and oxygen atoms in total. The van der Waals surface area contributed by atoms with Crippen molar-refractivity contribution in [2.45, 2.75) is 0 Å². The molecule has 3 rings (SSSR count). The van der Waals surface area contributed by atoms with Crippen LogP contribution in [0.2, 0.25) is 0 Å². The summed E-state index contributed by atoms with van der Waals surface area (Å²) < 4.78 is 10.2. The summed E-state index contributed by atoms with van der Waals surface area (Å²) in [4.78, 5) is 12.3. The Morgan fingerprint density at radius 1 is 0.917 bits per heavy atom. The van der Waals surface area contributed by atoms with Gasteiger partial charge >= 0.3 is 0 Å². The minimum Gasteiger partial charge on any atom is -0.504 e. The first-order chi connectivity index (χ1) is 11.3. The Morgan fingerprint density at radius 3 is 2.25 bits per heavy atom. The minimum absolute atomic E-state index is 0.0536. The van der Waals surface area contributed by atoms with Gasteiger partial charge in [-0.15, -0.1) is 0 Å². The molecule has 8 heteroatoms. The summed E-state index contributed by atoms with van der Waals surface area (Å²) in [7, 11) is 1.15. The molecule has 3 aromatic rings. The third-order valence-corrected chi connectivity index (χ3v) is 3.52. The number of methoxy groups -OCH3 is 1. The molecule has 24 heavy (non-hydrogen) atoms. The molecule has 124 valence electrons. The largest absolute Gasteiger partial charge is 0.504 e. The van der Waals surface area contributed by atoms with Gasteiger partial charge in [-0.1, -0.05) is 0 Å². The topological polar surface area (TPSA) is 141 Å². The average molecular weight is 332 g/mol. The van der Waals surface area contributed by atoms with Crippen LogP contribution in [0.1, 0.15) is 0 Å². The maximum atomic E-state index is 12.3. The van der Waals surface area contributed by atoms with Crippen LogP contribution in [0.15, 0.2) is 33.5 Å². The van der Waals surface area contributed by atoms with E-state index in [1.165, 1.54) is 12.1 Å². The van der Waals surface area contributed by atoms with E-state index in [1.54, 1.807) is 0 Å². The van der Waals surface area contributed by atoms with E-state index in [4.69, 9.17) is 9.15 Å². The summed E-state index contributed by atoms with van der Waals surface area (Å²) in [6.07, 6.45) is 0. The van der Waals surface area contributed by atoms with Crippen molar-refractivity contribution in [1.29, 1.82) is 0 Å². The predicted molar refractivity (Wildman–Crippen MR) is 82.8 cm³/mol. The number of aromatic hydroxyl groups is 5. The molecule has 0 radical (unpaired) electrons. The van der Waals surface area contributed by atoms with E-state index >= 15 is 0 Å². The van der Waals surface area contributed by atoms with Gasteiger partial charge in [0.15, 0.2) is 28.3 Å². The van der Waals surface area contributed by atoms with Crippen LogP contribution in [0.3, 0.4) is 0 Å². The Labute approximate surface area is 134 Å². The van der Waals surface area contributed by atoms with Crippen molar-refractivity contribution in [3.05, 3.63) is 34.5 Å². The number of rotatable bonds is 2. The first-order valence-corrected chi connectivity index (χ1v) is 6.66. The number of hydrogen-bond donors (Lipinski definition) is 5. The number of benzene rings is 2. The zero-order valence-electron chi connectivity index (χ0n) is 12.3. The van der Waals surface area contributed by atoms with Crippen molar-refractivity contribution in [3.8, 4) is 45.8 Å². The van der Waals surface area contributed by atoms with Gasteiger partial charge in [-0.2, -0.15) is 0 Å². The second kappa shape index (κ2) is 5.27. The Hall–Kier alpha value is -3.55. The molecule has 0 amide bonds. The van der Waals surface area contributed by atoms with Crippen molar-refractivity contribution in [1.82, 2.24) is 0 Å². The number of fused-ring (bicyclic) bond motifs is 1. The number of phenolic OH excluding ortho intramolecular Hbond substituents is 5. The number of hydrogen-bond acceptors (Lipinski definition) is 8. The van der Waals surface area contributed by atoms with E-state index in [1.807, 2.05) is 0 Å². The van der Waals surface area contributed by atoms with Crippen molar-refractivity contribution in [2.24, 2.45) is 0 Å². The van der Waals surface area contributed by atoms with Gasteiger partial charge in [-0.25, -0.2) is 0 Å². The summed E-state index contributed by atoms with van der Waals surface area (Å²) >= 11 is 0. The fourth-order valence-electron chi connectivity index (χ4n) is 2.34. The van der Waals surface area contributed by atoms with Gasteiger partial charge < -0.3 is 34.7 Å². The molecule has 0 fully saturated rings. The molecule has 0 bridgehead atoms. The average Bonchev–Trinajstić information content (AvgIpc) is 2.55. The van der Waals surface area contributed by atoms with Crippen molar-refractivity contribution in [2.75, 3.05) is 7.11 Å². The SMILES string of the molecule is COc1c(O)c(O)c2oc(-c3ccc(O)c(O)c3)cc(=O)c2c1O. The highest BCUT2D eigenvalue weighted by Crippen LogP contribution is 2.48. The molecule has 0 atom stereocenters. The summed E-state index contributed by atoms with van der Waals surface area (Å²) in [5, 5.41) is 48.4. The van der Waals surface area contributed by atoms with Crippen LogP contribution in [0.4, 0.5) is 0 Å². The summed E-state index contributed by atoms with van der Waals surface area (Å²) in [6, 6.07) is 4.75. The lowest BCUT2D eigenvalue weighted by Gasteiger charge is -2.11. The Bertz CT molecular complexity index is 1020. The van der Waals surface area contributed by atoms with Gasteiger partial charge in [-0.05, 0) is 18.2 Å². The molecule has 0 saturated carbocycles. The van der Waals surface area contributed by atoms with E-state index < -0.39 is 39.8 Å². The van der Waals surface area contributed by atoms with Crippen molar-refractivity contribution >= 4 is 11.0 Å². The van der Waals surface area contributed by atoms with Crippen LogP contribution in [0.25, 0.3) is 22.3 Å². The standard InChI is InChI=1S/C16H12O8/c1-23-16-12(20)11-9(19)5-10(24-15(11)13(21)14(16)22)6-2-3-7(17)8(18)4-6/h2-5,17-18,20-22H,1H3. The lowest BCUT2D eigenvalue weighted by atomic mass is 10.1. The van der Waals surface area contributed by atoms with Crippen molar-refractivity contribution < 1.29 is 34.7 Å². The van der Waals surface area contributed by atoms with E-state index in [0.717, 1.165) is 19.2 Å². The van der Waals surface area contributed by atoms with Gasteiger partial charge in [0, 0.05) is 11.6 Å². The monoisotopic (exact) mass is 332 g/mol. The minimum atomic E-state index is -0.781. The van der Waals surface area contributed by atoms with E-state index in [9.17, 15) is 30.3 Å². The third kappa shape index (κ3) is 2.12. The van der Waals surface area contributed by atoms with E-state index in [2.05, 4.69) is 0 Å². The first kappa shape index (κ1) is 15.3. The fraction of sp³-hybridized carbons (Fsp3) is 0.0625. The van der Waals surface area contributed by atoms with Crippen LogP contribution >= 0.6 is 0 Å². The molecule has 0 unspecified atom stereocenters. The summed E-state index contributed by atoms with van der Waals surface area (Å²) in [5.74, 6) is -3.52. The molecule has 0 aliphatic carbocycles. The molecule has 0 aliphatic rings. The Morgan fingerprint density at radius 2 is 1.62 bits per heavy atom. The van der Waals surface area contributed by atoms with Gasteiger partial charge in [0.25, 0.3) is 0 Å². The first-order valence-electron chi connectivity index (χ1n) is 6.66. The number of ether oxygens (including phenoxy) is 1. The van der Waals surface area contributed by atoms with Crippen LogP contribution in [0.5, 0.6) is 34.5 Å². The molecular formula is C16H12O8. The molecule has 2 aromatic carbocycles. The highest BCUT2D eigenvalue weighted by atomic mass is 16.5. The molecule has 0 saturated heterocycles. The zero-order chi connectivity index (χ0) is 17.6. The van der Waals surface area contributed by atoms with Gasteiger partial charge in [0.05, 0.1) is 7.11 Å². The number of phenols is 5. The highest BCUT2D eigenvalue weighted by molar-refractivity contribution is 5.94. The maximum Gasteiger partial charge on any atom is 0.208 e. The molecule has 1 aromatic heterocycles. The smallest absolute Gasteiger partial charge is 0.208 e. The quantitative estimate of drug-likeness (QED) is 0.354. The summed E-state index contributed by atoms with van der Waals surface area (Å²) in [5.41, 5.74) is -0.913. The van der Waals surface area contributed by atoms with Crippen LogP contribution in [-0.2, 0) is 0 Å². The van der Waals surface area contributed by atoms with Crippen LogP contribution < -0.4 is 10.2 Å². The molecule has 0 aliphatic heterocycles. The van der Waals surface area contributed by atoms with Gasteiger partial charge in [0.1, 0.15) is 11.1 Å². The maximum absolute atomic E-state index is 12.3.